The molecule has 63 valence electrons. The number of ether oxygens (including phenoxy) is 1. The molecule has 2 N–H and O–H groups in total. The SMILES string of the molecule is COC(=O)c1[c]c(CN)ccc1. The molecule has 0 aliphatic heterocycles. The Morgan fingerprint density at radius 2 is 2.42 bits per heavy atom. The van der Waals surface area contributed by atoms with Crippen LogP contribution < -0.4 is 5.73 Å². The monoisotopic (exact) mass is 164 g/mol. The predicted octanol–water partition coefficient (Wildman–Crippen LogP) is 0.732. The van der Waals surface area contributed by atoms with Crippen LogP contribution in [0.2, 0.25) is 0 Å². The van der Waals surface area contributed by atoms with E-state index in [-0.39, 0.29) is 5.97 Å². The molecule has 0 heterocycles. The van der Waals surface area contributed by atoms with Gasteiger partial charge in [0, 0.05) is 12.6 Å². The van der Waals surface area contributed by atoms with Crippen molar-refractivity contribution < 1.29 is 9.53 Å². The van der Waals surface area contributed by atoms with Gasteiger partial charge in [-0.05, 0) is 11.6 Å². The third kappa shape index (κ3) is 1.83. The van der Waals surface area contributed by atoms with Crippen LogP contribution in [-0.4, -0.2) is 13.1 Å². The number of methoxy groups -OCH3 is 1. The molecule has 0 fully saturated rings. The molecule has 0 aromatic heterocycles. The van der Waals surface area contributed by atoms with E-state index in [1.807, 2.05) is 6.07 Å². The Hall–Kier alpha value is -1.35. The Bertz CT molecular complexity index is 284. The number of rotatable bonds is 2. The lowest BCUT2D eigenvalue weighted by molar-refractivity contribution is 0.0600. The van der Waals surface area contributed by atoms with Gasteiger partial charge < -0.3 is 10.5 Å². The second-order valence-electron chi connectivity index (χ2n) is 2.29. The molecule has 1 aromatic rings. The van der Waals surface area contributed by atoms with Gasteiger partial charge in [0.05, 0.1) is 12.7 Å². The van der Waals surface area contributed by atoms with Gasteiger partial charge in [0.25, 0.3) is 0 Å². The van der Waals surface area contributed by atoms with Gasteiger partial charge in [0.15, 0.2) is 0 Å². The van der Waals surface area contributed by atoms with Gasteiger partial charge in [0.2, 0.25) is 0 Å². The van der Waals surface area contributed by atoms with E-state index in [9.17, 15) is 4.79 Å². The first kappa shape index (κ1) is 8.74. The summed E-state index contributed by atoms with van der Waals surface area (Å²) in [5.41, 5.74) is 6.60. The van der Waals surface area contributed by atoms with Crippen LogP contribution in [0, 0.1) is 6.07 Å². The van der Waals surface area contributed by atoms with Crippen LogP contribution in [0.25, 0.3) is 0 Å². The van der Waals surface area contributed by atoms with Crippen molar-refractivity contribution >= 4 is 5.97 Å². The Labute approximate surface area is 71.1 Å². The van der Waals surface area contributed by atoms with E-state index in [1.165, 1.54) is 7.11 Å². The van der Waals surface area contributed by atoms with E-state index in [4.69, 9.17) is 5.73 Å². The minimum absolute atomic E-state index is 0.380. The molecule has 0 saturated heterocycles. The third-order valence-corrected chi connectivity index (χ3v) is 1.48. The zero-order valence-corrected chi connectivity index (χ0v) is 6.83. The normalized spacial score (nSPS) is 9.50. The van der Waals surface area contributed by atoms with E-state index in [0.29, 0.717) is 12.1 Å². The van der Waals surface area contributed by atoms with Crippen molar-refractivity contribution in [2.75, 3.05) is 7.11 Å². The number of nitrogens with two attached hydrogens (primary N) is 1. The molecule has 3 heteroatoms. The first-order valence-corrected chi connectivity index (χ1v) is 3.57. The summed E-state index contributed by atoms with van der Waals surface area (Å²) in [7, 11) is 1.34. The molecule has 0 saturated carbocycles. The van der Waals surface area contributed by atoms with E-state index in [2.05, 4.69) is 10.8 Å². The van der Waals surface area contributed by atoms with Gasteiger partial charge in [-0.25, -0.2) is 4.79 Å². The molecule has 0 aliphatic rings. The highest BCUT2D eigenvalue weighted by Crippen LogP contribution is 2.04. The number of benzene rings is 1. The first-order valence-electron chi connectivity index (χ1n) is 3.57. The van der Waals surface area contributed by atoms with Gasteiger partial charge in [0.1, 0.15) is 0 Å². The van der Waals surface area contributed by atoms with Crippen LogP contribution in [0.5, 0.6) is 0 Å². The summed E-state index contributed by atoms with van der Waals surface area (Å²) >= 11 is 0. The largest absolute Gasteiger partial charge is 0.465 e. The average Bonchev–Trinajstić information content (AvgIpc) is 2.17. The van der Waals surface area contributed by atoms with Crippen LogP contribution >= 0.6 is 0 Å². The van der Waals surface area contributed by atoms with Crippen LogP contribution in [0.4, 0.5) is 0 Å². The summed E-state index contributed by atoms with van der Waals surface area (Å²) in [6.45, 7) is 0.380. The smallest absolute Gasteiger partial charge is 0.338 e. The molecular formula is C9H10NO2. The maximum atomic E-state index is 11.0. The lowest BCUT2D eigenvalue weighted by Gasteiger charge is -1.99. The predicted molar refractivity (Wildman–Crippen MR) is 44.5 cm³/mol. The van der Waals surface area contributed by atoms with E-state index in [0.717, 1.165) is 5.56 Å². The molecule has 1 radical (unpaired) electrons. The third-order valence-electron chi connectivity index (χ3n) is 1.48. The number of carbonyl (C=O) groups excluding carboxylic acids is 1. The number of hydrogen-bond donors (Lipinski definition) is 1. The summed E-state index contributed by atoms with van der Waals surface area (Å²) in [4.78, 5) is 11.0. The molecule has 0 bridgehead atoms. The summed E-state index contributed by atoms with van der Waals surface area (Å²) in [6.07, 6.45) is 0. The van der Waals surface area contributed by atoms with Gasteiger partial charge in [-0.15, -0.1) is 0 Å². The standard InChI is InChI=1S/C9H10NO2/c1-12-9(11)8-4-2-3-7(5-8)6-10/h2-4H,6,10H2,1H3. The molecule has 0 spiro atoms. The summed E-state index contributed by atoms with van der Waals surface area (Å²) in [5.74, 6) is -0.384. The van der Waals surface area contributed by atoms with Crippen LogP contribution in [0.1, 0.15) is 15.9 Å². The van der Waals surface area contributed by atoms with Crippen molar-refractivity contribution in [3.8, 4) is 0 Å². The van der Waals surface area contributed by atoms with Crippen LogP contribution in [0.3, 0.4) is 0 Å². The second kappa shape index (κ2) is 3.88. The number of carbonyl (C=O) groups is 1. The summed E-state index contributed by atoms with van der Waals surface area (Å²) in [5, 5.41) is 0. The Balaban J connectivity index is 2.93. The Morgan fingerprint density at radius 3 is 3.00 bits per heavy atom. The fourth-order valence-corrected chi connectivity index (χ4v) is 0.865. The van der Waals surface area contributed by atoms with Crippen molar-refractivity contribution in [3.05, 3.63) is 35.4 Å². The van der Waals surface area contributed by atoms with Crippen LogP contribution in [-0.2, 0) is 11.3 Å². The highest BCUT2D eigenvalue weighted by molar-refractivity contribution is 5.89. The fraction of sp³-hybridized carbons (Fsp3) is 0.222. The molecule has 0 aliphatic carbocycles. The maximum absolute atomic E-state index is 11.0. The molecule has 3 nitrogen and oxygen atoms in total. The highest BCUT2D eigenvalue weighted by Gasteiger charge is 2.04. The maximum Gasteiger partial charge on any atom is 0.338 e. The zero-order chi connectivity index (χ0) is 8.97. The van der Waals surface area contributed by atoms with Gasteiger partial charge in [-0.2, -0.15) is 0 Å². The molecule has 0 unspecified atom stereocenters. The van der Waals surface area contributed by atoms with Crippen LogP contribution in [0.15, 0.2) is 18.2 Å². The lowest BCUT2D eigenvalue weighted by atomic mass is 10.1. The Morgan fingerprint density at radius 1 is 1.67 bits per heavy atom. The topological polar surface area (TPSA) is 52.3 Å². The summed E-state index contributed by atoms with van der Waals surface area (Å²) in [6, 6.07) is 8.06. The van der Waals surface area contributed by atoms with Crippen molar-refractivity contribution in [1.29, 1.82) is 0 Å². The van der Waals surface area contributed by atoms with E-state index in [1.54, 1.807) is 12.1 Å². The fourth-order valence-electron chi connectivity index (χ4n) is 0.865. The minimum Gasteiger partial charge on any atom is -0.465 e. The number of hydrogen-bond acceptors (Lipinski definition) is 3. The number of esters is 1. The van der Waals surface area contributed by atoms with E-state index >= 15 is 0 Å². The molecule has 12 heavy (non-hydrogen) atoms. The zero-order valence-electron chi connectivity index (χ0n) is 6.83. The molecule has 1 rings (SSSR count). The van der Waals surface area contributed by atoms with Crippen molar-refractivity contribution in [1.82, 2.24) is 0 Å². The first-order chi connectivity index (χ1) is 5.77. The molecular weight excluding hydrogens is 154 g/mol. The average molecular weight is 164 g/mol. The van der Waals surface area contributed by atoms with Gasteiger partial charge in [-0.3, -0.25) is 0 Å². The van der Waals surface area contributed by atoms with E-state index < -0.39 is 0 Å². The quantitative estimate of drug-likeness (QED) is 0.655. The van der Waals surface area contributed by atoms with Crippen molar-refractivity contribution in [2.24, 2.45) is 5.73 Å². The molecule has 0 atom stereocenters. The van der Waals surface area contributed by atoms with Gasteiger partial charge in [-0.1, -0.05) is 12.1 Å². The molecule has 1 aromatic carbocycles. The highest BCUT2D eigenvalue weighted by atomic mass is 16.5. The molecule has 0 amide bonds. The second-order valence-corrected chi connectivity index (χ2v) is 2.29. The van der Waals surface area contributed by atoms with Crippen molar-refractivity contribution in [2.45, 2.75) is 6.54 Å². The minimum atomic E-state index is -0.384. The van der Waals surface area contributed by atoms with Crippen molar-refractivity contribution in [3.63, 3.8) is 0 Å². The van der Waals surface area contributed by atoms with Gasteiger partial charge >= 0.3 is 5.97 Å². The lowest BCUT2D eigenvalue weighted by Crippen LogP contribution is -2.04. The summed E-state index contributed by atoms with van der Waals surface area (Å²) < 4.78 is 4.52. The Kier molecular flexibility index (Phi) is 2.82.